The van der Waals surface area contributed by atoms with Crippen molar-refractivity contribution in [1.29, 1.82) is 0 Å². The van der Waals surface area contributed by atoms with Crippen LogP contribution in [0.5, 0.6) is 0 Å². The molecule has 0 atom stereocenters. The molecule has 1 aliphatic rings. The molecule has 1 fully saturated rings. The summed E-state index contributed by atoms with van der Waals surface area (Å²) in [6, 6.07) is 2.95. The van der Waals surface area contributed by atoms with E-state index in [1.165, 1.54) is 12.1 Å². The van der Waals surface area contributed by atoms with Crippen LogP contribution in [0.2, 0.25) is 12.1 Å². The summed E-state index contributed by atoms with van der Waals surface area (Å²) >= 11 is 0. The van der Waals surface area contributed by atoms with Gasteiger partial charge in [0.05, 0.1) is 0 Å². The normalized spacial score (nSPS) is 21.5. The van der Waals surface area contributed by atoms with Crippen LogP contribution in [0.25, 0.3) is 0 Å². The van der Waals surface area contributed by atoms with Crippen molar-refractivity contribution < 1.29 is 0 Å². The van der Waals surface area contributed by atoms with E-state index in [0.29, 0.717) is 0 Å². The molecule has 0 unspecified atom stereocenters. The molecule has 0 aromatic rings. The first-order valence-electron chi connectivity index (χ1n) is 1.56. The first-order valence-corrected chi connectivity index (χ1v) is 3.68. The second-order valence-electron chi connectivity index (χ2n) is 1.25. The van der Waals surface area contributed by atoms with Gasteiger partial charge in [-0.3, -0.25) is 0 Å². The SMILES string of the molecule is C=[Si]1CC1. The van der Waals surface area contributed by atoms with Gasteiger partial charge in [0.1, 0.15) is 0 Å². The van der Waals surface area contributed by atoms with Crippen LogP contribution < -0.4 is 0 Å². The minimum atomic E-state index is 0.120. The number of rotatable bonds is 0. The third kappa shape index (κ3) is 0.259. The summed E-state index contributed by atoms with van der Waals surface area (Å²) < 4.78 is 0. The third-order valence-corrected chi connectivity index (χ3v) is 1.81. The summed E-state index contributed by atoms with van der Waals surface area (Å²) in [6.07, 6.45) is 3.85. The average molecular weight is 70.2 g/mol. The van der Waals surface area contributed by atoms with Gasteiger partial charge in [-0.05, 0) is 12.1 Å². The number of hydrogen-bond donors (Lipinski definition) is 0. The molecule has 1 heterocycles. The van der Waals surface area contributed by atoms with Gasteiger partial charge in [-0.15, -0.1) is 6.17 Å². The molecule has 22 valence electrons. The Morgan fingerprint density at radius 2 is 1.75 bits per heavy atom. The van der Waals surface area contributed by atoms with Gasteiger partial charge in [0.2, 0.25) is 0 Å². The van der Waals surface area contributed by atoms with Gasteiger partial charge in [0, 0.05) is 8.41 Å². The van der Waals surface area contributed by atoms with E-state index in [1.807, 2.05) is 0 Å². The van der Waals surface area contributed by atoms with Gasteiger partial charge < -0.3 is 0 Å². The Morgan fingerprint density at radius 3 is 1.75 bits per heavy atom. The summed E-state index contributed by atoms with van der Waals surface area (Å²) in [5.41, 5.74) is 0. The largest absolute Gasteiger partial charge is 0.118 e. The van der Waals surface area contributed by atoms with Crippen LogP contribution >= 0.6 is 0 Å². The maximum atomic E-state index is 3.85. The summed E-state index contributed by atoms with van der Waals surface area (Å²) in [7, 11) is 0.120. The highest BCUT2D eigenvalue weighted by Gasteiger charge is 2.05. The van der Waals surface area contributed by atoms with E-state index >= 15 is 0 Å². The van der Waals surface area contributed by atoms with Gasteiger partial charge in [-0.2, -0.15) is 0 Å². The lowest BCUT2D eigenvalue weighted by atomic mass is 11.0. The van der Waals surface area contributed by atoms with Crippen LogP contribution in [-0.2, 0) is 0 Å². The molecule has 0 aliphatic carbocycles. The Labute approximate surface area is 27.7 Å². The van der Waals surface area contributed by atoms with Crippen molar-refractivity contribution in [2.24, 2.45) is 0 Å². The van der Waals surface area contributed by atoms with Gasteiger partial charge in [-0.1, -0.05) is 0 Å². The highest BCUT2D eigenvalue weighted by Crippen LogP contribution is 2.10. The first kappa shape index (κ1) is 2.33. The van der Waals surface area contributed by atoms with Crippen LogP contribution in [0.15, 0.2) is 0 Å². The summed E-state index contributed by atoms with van der Waals surface area (Å²) in [5, 5.41) is 0. The van der Waals surface area contributed by atoms with E-state index in [-0.39, 0.29) is 8.41 Å². The molecular weight excluding hydrogens is 64.1 g/mol. The lowest BCUT2D eigenvalue weighted by molar-refractivity contribution is 1.69. The smallest absolute Gasteiger partial charge is 0.00191 e. The van der Waals surface area contributed by atoms with Crippen LogP contribution in [0.4, 0.5) is 0 Å². The average Bonchev–Trinajstić information content (AvgIpc) is 1.75. The first-order chi connectivity index (χ1) is 1.89. The Hall–Kier alpha value is 0.0869. The molecule has 0 aromatic carbocycles. The molecule has 0 amide bonds. The van der Waals surface area contributed by atoms with Crippen LogP contribution in [0, 0.1) is 0 Å². The molecule has 0 spiro atoms. The summed E-state index contributed by atoms with van der Waals surface area (Å²) in [5.74, 6) is 0. The van der Waals surface area contributed by atoms with Crippen molar-refractivity contribution in [2.45, 2.75) is 12.1 Å². The molecule has 0 radical (unpaired) electrons. The standard InChI is InChI=1S/C3H6Si/c1-4-2-3-4/h1-3H2. The number of hydrogen-bond acceptors (Lipinski definition) is 0. The maximum absolute atomic E-state index is 3.85. The lowest BCUT2D eigenvalue weighted by Crippen LogP contribution is -1.52. The van der Waals surface area contributed by atoms with Crippen LogP contribution in [-0.4, -0.2) is 14.6 Å². The molecule has 1 rings (SSSR count). The highest BCUT2D eigenvalue weighted by molar-refractivity contribution is 6.71. The fraction of sp³-hybridized carbons (Fsp3) is 0.667. The minimum absolute atomic E-state index is 0.120. The molecule has 0 N–H and O–H groups in total. The molecule has 0 bridgehead atoms. The molecule has 0 saturated carbocycles. The lowest BCUT2D eigenvalue weighted by Gasteiger charge is -1.30. The van der Waals surface area contributed by atoms with Crippen molar-refractivity contribution >= 4 is 14.6 Å². The highest BCUT2D eigenvalue weighted by atomic mass is 28.2. The van der Waals surface area contributed by atoms with Gasteiger partial charge in [0.25, 0.3) is 0 Å². The molecule has 1 aliphatic heterocycles. The van der Waals surface area contributed by atoms with Gasteiger partial charge in [0.15, 0.2) is 0 Å². The summed E-state index contributed by atoms with van der Waals surface area (Å²) in [4.78, 5) is 0. The van der Waals surface area contributed by atoms with Crippen LogP contribution in [0.3, 0.4) is 0 Å². The van der Waals surface area contributed by atoms with Crippen molar-refractivity contribution in [3.8, 4) is 0 Å². The van der Waals surface area contributed by atoms with Crippen LogP contribution in [0.1, 0.15) is 0 Å². The van der Waals surface area contributed by atoms with Crippen molar-refractivity contribution in [3.63, 3.8) is 0 Å². The Bertz CT molecular complexity index is 41.2. The molecule has 0 aromatic heterocycles. The van der Waals surface area contributed by atoms with E-state index in [9.17, 15) is 0 Å². The zero-order valence-corrected chi connectivity index (χ0v) is 3.62. The van der Waals surface area contributed by atoms with Gasteiger partial charge >= 0.3 is 0 Å². The van der Waals surface area contributed by atoms with Crippen molar-refractivity contribution in [1.82, 2.24) is 0 Å². The zero-order chi connectivity index (χ0) is 2.99. The fourth-order valence-electron chi connectivity index (χ4n) is 0.0884. The molecular formula is C3H6Si. The van der Waals surface area contributed by atoms with Crippen molar-refractivity contribution in [2.75, 3.05) is 0 Å². The Balaban J connectivity index is 2.60. The minimum Gasteiger partial charge on any atom is -0.118 e. The Kier molecular flexibility index (Phi) is 0.303. The molecule has 1 heteroatoms. The third-order valence-electron chi connectivity index (χ3n) is 0.604. The van der Waals surface area contributed by atoms with E-state index in [0.717, 1.165) is 0 Å². The van der Waals surface area contributed by atoms with E-state index in [2.05, 4.69) is 6.17 Å². The second-order valence-corrected chi connectivity index (χ2v) is 3.75. The van der Waals surface area contributed by atoms with E-state index in [1.54, 1.807) is 0 Å². The quantitative estimate of drug-likeness (QED) is 0.364. The monoisotopic (exact) mass is 70.0 g/mol. The summed E-state index contributed by atoms with van der Waals surface area (Å²) in [6.45, 7) is 0. The van der Waals surface area contributed by atoms with E-state index < -0.39 is 0 Å². The van der Waals surface area contributed by atoms with Gasteiger partial charge in [-0.25, -0.2) is 0 Å². The maximum Gasteiger partial charge on any atom is 0.00191 e. The topological polar surface area (TPSA) is 0 Å². The van der Waals surface area contributed by atoms with Crippen molar-refractivity contribution in [3.05, 3.63) is 0 Å². The fourth-order valence-corrected chi connectivity index (χ4v) is 0.795. The van der Waals surface area contributed by atoms with E-state index in [4.69, 9.17) is 0 Å². The second kappa shape index (κ2) is 0.520. The predicted molar refractivity (Wildman–Crippen MR) is 22.5 cm³/mol. The molecule has 1 saturated heterocycles. The predicted octanol–water partition coefficient (Wildman–Crippen LogP) is 0.508. The Morgan fingerprint density at radius 1 is 1.50 bits per heavy atom. The molecule has 0 nitrogen and oxygen atoms in total. The molecule has 4 heavy (non-hydrogen) atoms. The zero-order valence-electron chi connectivity index (χ0n) is 2.62.